The summed E-state index contributed by atoms with van der Waals surface area (Å²) < 4.78 is 10.7. The van der Waals surface area contributed by atoms with Gasteiger partial charge in [0.1, 0.15) is 6.10 Å². The van der Waals surface area contributed by atoms with Crippen molar-refractivity contribution in [2.24, 2.45) is 4.99 Å². The average Bonchev–Trinajstić information content (AvgIpc) is 3.23. The van der Waals surface area contributed by atoms with Gasteiger partial charge >= 0.3 is 0 Å². The van der Waals surface area contributed by atoms with Crippen LogP contribution in [0, 0.1) is 0 Å². The van der Waals surface area contributed by atoms with E-state index in [0.717, 1.165) is 45.0 Å². The second-order valence-corrected chi connectivity index (χ2v) is 6.10. The van der Waals surface area contributed by atoms with Crippen molar-refractivity contribution in [3.63, 3.8) is 0 Å². The van der Waals surface area contributed by atoms with E-state index in [1.165, 1.54) is 0 Å². The maximum atomic E-state index is 10.7. The zero-order valence-electron chi connectivity index (χ0n) is 13.3. The van der Waals surface area contributed by atoms with Gasteiger partial charge in [0.2, 0.25) is 6.79 Å². The highest BCUT2D eigenvalue weighted by Gasteiger charge is 2.28. The third kappa shape index (κ3) is 2.22. The molecule has 1 aliphatic heterocycles. The maximum absolute atomic E-state index is 10.7. The van der Waals surface area contributed by atoms with Gasteiger partial charge in [0, 0.05) is 11.8 Å². The Hall–Kier alpha value is -3.11. The normalized spacial score (nSPS) is 16.9. The Balaban J connectivity index is 1.54. The molecule has 0 saturated carbocycles. The van der Waals surface area contributed by atoms with Crippen LogP contribution in [-0.2, 0) is 0 Å². The van der Waals surface area contributed by atoms with E-state index < -0.39 is 6.10 Å². The smallest absolute Gasteiger partial charge is 0.231 e. The topological polar surface area (TPSA) is 51.1 Å². The lowest BCUT2D eigenvalue weighted by Gasteiger charge is -2.08. The number of hydrogen-bond acceptors (Lipinski definition) is 4. The highest BCUT2D eigenvalue weighted by atomic mass is 16.7. The maximum Gasteiger partial charge on any atom is 0.231 e. The molecule has 0 fully saturated rings. The van der Waals surface area contributed by atoms with Gasteiger partial charge in [0.25, 0.3) is 0 Å². The molecule has 0 aromatic heterocycles. The van der Waals surface area contributed by atoms with E-state index >= 15 is 0 Å². The number of rotatable bonds is 2. The zero-order chi connectivity index (χ0) is 16.8. The third-order valence-electron chi connectivity index (χ3n) is 4.65. The summed E-state index contributed by atoms with van der Waals surface area (Å²) >= 11 is 0. The SMILES string of the molecule is O[C@@H]1c2ccccc2-c2cccc(N=Cc3ccc4c(c3)OCO4)c21. The van der Waals surface area contributed by atoms with Crippen LogP contribution in [0.25, 0.3) is 11.1 Å². The van der Waals surface area contributed by atoms with Crippen LogP contribution in [0.2, 0.25) is 0 Å². The number of aliphatic imine (C=N–C) groups is 1. The van der Waals surface area contributed by atoms with Gasteiger partial charge in [0.15, 0.2) is 11.5 Å². The molecule has 25 heavy (non-hydrogen) atoms. The van der Waals surface area contributed by atoms with Crippen molar-refractivity contribution < 1.29 is 14.6 Å². The van der Waals surface area contributed by atoms with Gasteiger partial charge in [-0.05, 0) is 46.5 Å². The lowest BCUT2D eigenvalue weighted by molar-refractivity contribution is 0.174. The summed E-state index contributed by atoms with van der Waals surface area (Å²) in [7, 11) is 0. The highest BCUT2D eigenvalue weighted by molar-refractivity contribution is 5.87. The summed E-state index contributed by atoms with van der Waals surface area (Å²) in [6.07, 6.45) is 1.14. The van der Waals surface area contributed by atoms with E-state index in [2.05, 4.69) is 4.99 Å². The van der Waals surface area contributed by atoms with Gasteiger partial charge in [-0.1, -0.05) is 36.4 Å². The number of benzene rings is 3. The van der Waals surface area contributed by atoms with Crippen LogP contribution in [0.3, 0.4) is 0 Å². The molecule has 0 unspecified atom stereocenters. The Morgan fingerprint density at radius 2 is 1.76 bits per heavy atom. The minimum absolute atomic E-state index is 0.257. The van der Waals surface area contributed by atoms with Crippen LogP contribution in [0.1, 0.15) is 22.8 Å². The van der Waals surface area contributed by atoms with Gasteiger partial charge in [-0.3, -0.25) is 4.99 Å². The van der Waals surface area contributed by atoms with E-state index in [1.54, 1.807) is 6.21 Å². The van der Waals surface area contributed by atoms with Crippen LogP contribution in [0.5, 0.6) is 11.5 Å². The first-order valence-electron chi connectivity index (χ1n) is 8.15. The molecule has 0 spiro atoms. The third-order valence-corrected chi connectivity index (χ3v) is 4.65. The molecule has 0 amide bonds. The second kappa shape index (κ2) is 5.46. The van der Waals surface area contributed by atoms with Gasteiger partial charge in [0.05, 0.1) is 5.69 Å². The lowest BCUT2D eigenvalue weighted by atomic mass is 10.0. The predicted molar refractivity (Wildman–Crippen MR) is 95.8 cm³/mol. The van der Waals surface area contributed by atoms with Crippen molar-refractivity contribution >= 4 is 11.9 Å². The van der Waals surface area contributed by atoms with Crippen molar-refractivity contribution in [1.29, 1.82) is 0 Å². The van der Waals surface area contributed by atoms with E-state index in [9.17, 15) is 5.11 Å². The molecule has 1 N–H and O–H groups in total. The minimum atomic E-state index is -0.642. The Morgan fingerprint density at radius 3 is 2.72 bits per heavy atom. The molecule has 4 nitrogen and oxygen atoms in total. The summed E-state index contributed by atoms with van der Waals surface area (Å²) in [4.78, 5) is 4.63. The van der Waals surface area contributed by atoms with E-state index in [-0.39, 0.29) is 6.79 Å². The number of fused-ring (bicyclic) bond motifs is 4. The molecule has 4 heteroatoms. The molecular formula is C21H15NO3. The van der Waals surface area contributed by atoms with Crippen molar-refractivity contribution in [1.82, 2.24) is 0 Å². The van der Waals surface area contributed by atoms with Crippen molar-refractivity contribution in [3.05, 3.63) is 77.4 Å². The Bertz CT molecular complexity index is 1010. The molecule has 5 rings (SSSR count). The number of ether oxygens (including phenoxy) is 2. The summed E-state index contributed by atoms with van der Waals surface area (Å²) in [5, 5.41) is 10.7. The summed E-state index contributed by atoms with van der Waals surface area (Å²) in [6, 6.07) is 19.6. The van der Waals surface area contributed by atoms with Crippen LogP contribution in [0.15, 0.2) is 65.7 Å². The Labute approximate surface area is 145 Å². The van der Waals surface area contributed by atoms with Crippen molar-refractivity contribution in [2.75, 3.05) is 6.79 Å². The van der Waals surface area contributed by atoms with E-state index in [1.807, 2.05) is 60.7 Å². The molecular weight excluding hydrogens is 314 g/mol. The largest absolute Gasteiger partial charge is 0.454 e. The van der Waals surface area contributed by atoms with E-state index in [4.69, 9.17) is 9.47 Å². The monoisotopic (exact) mass is 329 g/mol. The molecule has 1 aliphatic carbocycles. The molecule has 2 aliphatic rings. The first-order valence-corrected chi connectivity index (χ1v) is 8.15. The average molecular weight is 329 g/mol. The Morgan fingerprint density at radius 1 is 0.920 bits per heavy atom. The number of aliphatic hydroxyl groups is 1. The molecule has 0 radical (unpaired) electrons. The minimum Gasteiger partial charge on any atom is -0.454 e. The molecule has 0 saturated heterocycles. The van der Waals surface area contributed by atoms with Crippen LogP contribution in [-0.4, -0.2) is 18.1 Å². The highest BCUT2D eigenvalue weighted by Crippen LogP contribution is 2.47. The van der Waals surface area contributed by atoms with Crippen molar-refractivity contribution in [2.45, 2.75) is 6.10 Å². The predicted octanol–water partition coefficient (Wildman–Crippen LogP) is 4.23. The van der Waals surface area contributed by atoms with Gasteiger partial charge in [-0.25, -0.2) is 0 Å². The number of nitrogens with zero attached hydrogens (tertiary/aromatic N) is 1. The fraction of sp³-hybridized carbons (Fsp3) is 0.0952. The zero-order valence-corrected chi connectivity index (χ0v) is 13.3. The fourth-order valence-electron chi connectivity index (χ4n) is 3.46. The summed E-state index contributed by atoms with van der Waals surface area (Å²) in [6.45, 7) is 0.257. The molecule has 0 bridgehead atoms. The number of aliphatic hydroxyl groups excluding tert-OH is 1. The molecule has 122 valence electrons. The molecule has 1 heterocycles. The first kappa shape index (κ1) is 14.3. The van der Waals surface area contributed by atoms with Gasteiger partial charge < -0.3 is 14.6 Å². The van der Waals surface area contributed by atoms with Gasteiger partial charge in [-0.2, -0.15) is 0 Å². The molecule has 1 atom stereocenters. The fourth-order valence-corrected chi connectivity index (χ4v) is 3.46. The van der Waals surface area contributed by atoms with Crippen LogP contribution < -0.4 is 9.47 Å². The molecule has 3 aromatic rings. The van der Waals surface area contributed by atoms with Crippen molar-refractivity contribution in [3.8, 4) is 22.6 Å². The number of hydrogen-bond donors (Lipinski definition) is 1. The lowest BCUT2D eigenvalue weighted by Crippen LogP contribution is -1.94. The van der Waals surface area contributed by atoms with E-state index in [0.29, 0.717) is 0 Å². The summed E-state index contributed by atoms with van der Waals surface area (Å²) in [5.74, 6) is 1.48. The van der Waals surface area contributed by atoms with Crippen LogP contribution >= 0.6 is 0 Å². The second-order valence-electron chi connectivity index (χ2n) is 6.10. The molecule has 3 aromatic carbocycles. The standard InChI is InChI=1S/C21H15NO3/c23-21-16-5-2-1-4-14(16)15-6-3-7-17(20(15)21)22-11-13-8-9-18-19(10-13)25-12-24-18/h1-11,21,23H,12H2/t21-/m1/s1. The quantitative estimate of drug-likeness (QED) is 0.716. The van der Waals surface area contributed by atoms with Crippen LogP contribution in [0.4, 0.5) is 5.69 Å². The summed E-state index contributed by atoms with van der Waals surface area (Å²) in [5.41, 5.74) is 5.61. The first-order chi connectivity index (χ1) is 12.3. The Kier molecular flexibility index (Phi) is 3.11. The van der Waals surface area contributed by atoms with Gasteiger partial charge in [-0.15, -0.1) is 0 Å².